The molecule has 1 aromatic rings. The van der Waals surface area contributed by atoms with E-state index in [2.05, 4.69) is 16.8 Å². The van der Waals surface area contributed by atoms with Gasteiger partial charge in [-0.2, -0.15) is 0 Å². The van der Waals surface area contributed by atoms with Gasteiger partial charge in [0.05, 0.1) is 13.7 Å². The molecule has 118 valence electrons. The maximum atomic E-state index is 9.88. The number of hydrogen-bond donors (Lipinski definition) is 2. The number of aliphatic hydroxyl groups is 1. The minimum atomic E-state index is 0.161. The molecule has 0 unspecified atom stereocenters. The van der Waals surface area contributed by atoms with Crippen molar-refractivity contribution in [1.29, 1.82) is 0 Å². The molecular weight excluding hydrogens is 268 g/mol. The molecule has 21 heavy (non-hydrogen) atoms. The largest absolute Gasteiger partial charge is 0.504 e. The van der Waals surface area contributed by atoms with E-state index in [0.29, 0.717) is 18.3 Å². The Bertz CT molecular complexity index is 445. The smallest absolute Gasteiger partial charge is 0.160 e. The fourth-order valence-corrected chi connectivity index (χ4v) is 2.95. The van der Waals surface area contributed by atoms with Crippen LogP contribution in [0.25, 0.3) is 0 Å². The molecule has 1 aliphatic heterocycles. The Kier molecular flexibility index (Phi) is 5.85. The first-order valence-corrected chi connectivity index (χ1v) is 7.53. The van der Waals surface area contributed by atoms with Gasteiger partial charge in [-0.05, 0) is 50.7 Å². The summed E-state index contributed by atoms with van der Waals surface area (Å²) >= 11 is 0. The van der Waals surface area contributed by atoms with Crippen molar-refractivity contribution in [3.63, 3.8) is 0 Å². The first-order chi connectivity index (χ1) is 10.1. The molecule has 0 saturated carbocycles. The number of rotatable bonds is 6. The van der Waals surface area contributed by atoms with Gasteiger partial charge in [-0.25, -0.2) is 0 Å². The third-order valence-corrected chi connectivity index (χ3v) is 4.22. The van der Waals surface area contributed by atoms with Crippen LogP contribution >= 0.6 is 0 Å². The fourth-order valence-electron chi connectivity index (χ4n) is 2.95. The molecule has 0 bridgehead atoms. The lowest BCUT2D eigenvalue weighted by molar-refractivity contribution is 0.0940. The molecule has 0 radical (unpaired) electrons. The third kappa shape index (κ3) is 4.33. The molecule has 1 aromatic carbocycles. The monoisotopic (exact) mass is 294 g/mol. The van der Waals surface area contributed by atoms with E-state index in [1.165, 1.54) is 0 Å². The van der Waals surface area contributed by atoms with Crippen molar-refractivity contribution in [3.05, 3.63) is 23.8 Å². The second-order valence-electron chi connectivity index (χ2n) is 5.73. The molecule has 0 aromatic heterocycles. The highest BCUT2D eigenvalue weighted by Crippen LogP contribution is 2.27. The van der Waals surface area contributed by atoms with E-state index in [-0.39, 0.29) is 12.4 Å². The molecule has 5 nitrogen and oxygen atoms in total. The molecule has 0 amide bonds. The Hall–Kier alpha value is -1.30. The molecule has 1 heterocycles. The van der Waals surface area contributed by atoms with Gasteiger partial charge < -0.3 is 19.8 Å². The topological polar surface area (TPSA) is 56.2 Å². The normalized spacial score (nSPS) is 17.3. The number of piperidine rings is 1. The average Bonchev–Trinajstić information content (AvgIpc) is 2.48. The quantitative estimate of drug-likeness (QED) is 0.828. The van der Waals surface area contributed by atoms with Crippen LogP contribution in [0.5, 0.6) is 11.5 Å². The van der Waals surface area contributed by atoms with Crippen LogP contribution < -0.4 is 4.74 Å². The van der Waals surface area contributed by atoms with Gasteiger partial charge in [0.15, 0.2) is 11.5 Å². The lowest BCUT2D eigenvalue weighted by Gasteiger charge is -2.37. The van der Waals surface area contributed by atoms with Gasteiger partial charge in [0.25, 0.3) is 0 Å². The summed E-state index contributed by atoms with van der Waals surface area (Å²) in [7, 11) is 3.69. The van der Waals surface area contributed by atoms with Crippen molar-refractivity contribution < 1.29 is 14.9 Å². The van der Waals surface area contributed by atoms with Crippen molar-refractivity contribution in [2.45, 2.75) is 25.4 Å². The number of methoxy groups -OCH3 is 1. The van der Waals surface area contributed by atoms with Gasteiger partial charge >= 0.3 is 0 Å². The van der Waals surface area contributed by atoms with Crippen molar-refractivity contribution >= 4 is 0 Å². The highest BCUT2D eigenvalue weighted by Gasteiger charge is 2.23. The first kappa shape index (κ1) is 16.1. The number of phenols is 1. The molecule has 5 heteroatoms. The summed E-state index contributed by atoms with van der Waals surface area (Å²) in [6, 6.07) is 6.00. The standard InChI is InChI=1S/C16H26N2O3/c1-17-7-5-14(6-8-17)18(9-10-19)12-13-3-4-16(21-2)15(20)11-13/h3-4,11,14,19-20H,5-10,12H2,1-2H3. The maximum Gasteiger partial charge on any atom is 0.160 e. The van der Waals surface area contributed by atoms with Gasteiger partial charge in [0.1, 0.15) is 0 Å². The van der Waals surface area contributed by atoms with Crippen LogP contribution in [-0.4, -0.2) is 66.5 Å². The first-order valence-electron chi connectivity index (χ1n) is 7.53. The van der Waals surface area contributed by atoms with Crippen LogP contribution in [0.4, 0.5) is 0 Å². The minimum absolute atomic E-state index is 0.161. The predicted molar refractivity (Wildman–Crippen MR) is 82.7 cm³/mol. The zero-order chi connectivity index (χ0) is 15.2. The lowest BCUT2D eigenvalue weighted by atomic mass is 10.0. The van der Waals surface area contributed by atoms with E-state index < -0.39 is 0 Å². The second kappa shape index (κ2) is 7.64. The summed E-state index contributed by atoms with van der Waals surface area (Å²) in [6.45, 7) is 3.77. The van der Waals surface area contributed by atoms with Crippen LogP contribution in [0.15, 0.2) is 18.2 Å². The van der Waals surface area contributed by atoms with Gasteiger partial charge in [-0.1, -0.05) is 6.07 Å². The van der Waals surface area contributed by atoms with Gasteiger partial charge in [-0.15, -0.1) is 0 Å². The van der Waals surface area contributed by atoms with E-state index in [0.717, 1.165) is 38.0 Å². The molecule has 0 atom stereocenters. The van der Waals surface area contributed by atoms with Crippen molar-refractivity contribution in [3.8, 4) is 11.5 Å². The summed E-state index contributed by atoms with van der Waals surface area (Å²) in [6.07, 6.45) is 2.25. The van der Waals surface area contributed by atoms with Crippen LogP contribution in [-0.2, 0) is 6.54 Å². The van der Waals surface area contributed by atoms with Crippen LogP contribution in [0.3, 0.4) is 0 Å². The molecule has 2 rings (SSSR count). The Balaban J connectivity index is 2.03. The predicted octanol–water partition coefficient (Wildman–Crippen LogP) is 1.29. The van der Waals surface area contributed by atoms with Crippen LogP contribution in [0.1, 0.15) is 18.4 Å². The third-order valence-electron chi connectivity index (χ3n) is 4.22. The molecule has 1 aliphatic rings. The van der Waals surface area contributed by atoms with Gasteiger partial charge in [0, 0.05) is 19.1 Å². The zero-order valence-corrected chi connectivity index (χ0v) is 13.0. The summed E-state index contributed by atoms with van der Waals surface area (Å²) in [4.78, 5) is 4.65. The van der Waals surface area contributed by atoms with Crippen molar-refractivity contribution in [2.75, 3.05) is 40.4 Å². The van der Waals surface area contributed by atoms with Crippen molar-refractivity contribution in [1.82, 2.24) is 9.80 Å². The highest BCUT2D eigenvalue weighted by molar-refractivity contribution is 5.41. The second-order valence-corrected chi connectivity index (χ2v) is 5.73. The number of ether oxygens (including phenoxy) is 1. The van der Waals surface area contributed by atoms with E-state index in [1.807, 2.05) is 6.07 Å². The number of aromatic hydroxyl groups is 1. The van der Waals surface area contributed by atoms with Crippen molar-refractivity contribution in [2.24, 2.45) is 0 Å². The van der Waals surface area contributed by atoms with Crippen LogP contribution in [0.2, 0.25) is 0 Å². The number of hydrogen-bond acceptors (Lipinski definition) is 5. The fraction of sp³-hybridized carbons (Fsp3) is 0.625. The SMILES string of the molecule is COc1ccc(CN(CCO)C2CCN(C)CC2)cc1O. The molecule has 1 saturated heterocycles. The molecule has 1 fully saturated rings. The molecule has 0 spiro atoms. The maximum absolute atomic E-state index is 9.88. The molecule has 0 aliphatic carbocycles. The van der Waals surface area contributed by atoms with E-state index in [9.17, 15) is 10.2 Å². The average molecular weight is 294 g/mol. The Morgan fingerprint density at radius 1 is 1.33 bits per heavy atom. The zero-order valence-electron chi connectivity index (χ0n) is 13.0. The van der Waals surface area contributed by atoms with E-state index in [4.69, 9.17) is 4.74 Å². The number of benzene rings is 1. The molecule has 2 N–H and O–H groups in total. The number of nitrogens with zero attached hydrogens (tertiary/aromatic N) is 2. The van der Waals surface area contributed by atoms with Gasteiger partial charge in [-0.3, -0.25) is 4.90 Å². The summed E-state index contributed by atoms with van der Waals surface area (Å²) in [5, 5.41) is 19.2. The highest BCUT2D eigenvalue weighted by atomic mass is 16.5. The Morgan fingerprint density at radius 3 is 2.62 bits per heavy atom. The summed E-state index contributed by atoms with van der Waals surface area (Å²) < 4.78 is 5.07. The summed E-state index contributed by atoms with van der Waals surface area (Å²) in [5.41, 5.74) is 1.04. The van der Waals surface area contributed by atoms with Gasteiger partial charge in [0.2, 0.25) is 0 Å². The van der Waals surface area contributed by atoms with E-state index >= 15 is 0 Å². The number of likely N-dealkylation sites (tertiary alicyclic amines) is 1. The Labute approximate surface area is 126 Å². The number of phenolic OH excluding ortho intramolecular Hbond substituents is 1. The lowest BCUT2D eigenvalue weighted by Crippen LogP contribution is -2.44. The number of aliphatic hydroxyl groups excluding tert-OH is 1. The van der Waals surface area contributed by atoms with E-state index in [1.54, 1.807) is 19.2 Å². The Morgan fingerprint density at radius 2 is 2.05 bits per heavy atom. The molecular formula is C16H26N2O3. The minimum Gasteiger partial charge on any atom is -0.504 e. The summed E-state index contributed by atoms with van der Waals surface area (Å²) in [5.74, 6) is 0.661. The van der Waals surface area contributed by atoms with Crippen LogP contribution in [0, 0.1) is 0 Å².